The molecule has 3 heteroatoms. The van der Waals surface area contributed by atoms with Crippen LogP contribution in [0.15, 0.2) is 34.1 Å². The highest BCUT2D eigenvalue weighted by Crippen LogP contribution is 2.19. The Bertz CT molecular complexity index is 586. The lowest BCUT2D eigenvalue weighted by Crippen LogP contribution is -2.11. The van der Waals surface area contributed by atoms with Crippen LogP contribution in [0.5, 0.6) is 0 Å². The normalized spacial score (nSPS) is 10.9. The Balaban J connectivity index is 2.97. The number of nitrogens with zero attached hydrogens (tertiary/aromatic N) is 1. The van der Waals surface area contributed by atoms with Crippen molar-refractivity contribution in [2.24, 2.45) is 7.05 Å². The van der Waals surface area contributed by atoms with Gasteiger partial charge in [-0.25, -0.2) is 0 Å². The van der Waals surface area contributed by atoms with Crippen LogP contribution in [-0.2, 0) is 13.5 Å². The molecule has 0 spiro atoms. The second-order valence-electron chi connectivity index (χ2n) is 3.80. The predicted octanol–water partition coefficient (Wildman–Crippen LogP) is 2.82. The lowest BCUT2D eigenvalue weighted by atomic mass is 10.1. The van der Waals surface area contributed by atoms with Gasteiger partial charge >= 0.3 is 0 Å². The minimum atomic E-state index is 0.165. The molecule has 0 radical (unpaired) electrons. The summed E-state index contributed by atoms with van der Waals surface area (Å²) >= 11 is 1.51. The second-order valence-corrected chi connectivity index (χ2v) is 4.65. The third-order valence-electron chi connectivity index (χ3n) is 2.87. The average Bonchev–Trinajstić information content (AvgIpc) is 2.32. The number of hydrogen-bond donors (Lipinski definition) is 0. The van der Waals surface area contributed by atoms with Crippen LogP contribution in [0.3, 0.4) is 0 Å². The van der Waals surface area contributed by atoms with E-state index in [9.17, 15) is 4.79 Å². The first-order valence-electron chi connectivity index (χ1n) is 5.34. The van der Waals surface area contributed by atoms with E-state index >= 15 is 0 Å². The lowest BCUT2D eigenvalue weighted by Gasteiger charge is -2.10. The minimum Gasteiger partial charge on any atom is -0.349 e. The minimum absolute atomic E-state index is 0.165. The number of thioether (sulfide) groups is 1. The highest BCUT2D eigenvalue weighted by molar-refractivity contribution is 7.98. The first-order valence-corrected chi connectivity index (χ1v) is 6.56. The summed E-state index contributed by atoms with van der Waals surface area (Å²) in [6.45, 7) is 2.08. The summed E-state index contributed by atoms with van der Waals surface area (Å²) in [5, 5.41) is 0.874. The van der Waals surface area contributed by atoms with Crippen molar-refractivity contribution < 1.29 is 0 Å². The fourth-order valence-electron chi connectivity index (χ4n) is 2.01. The maximum Gasteiger partial charge on any atom is 0.203 e. The zero-order valence-corrected chi connectivity index (χ0v) is 10.6. The molecule has 0 saturated carbocycles. The van der Waals surface area contributed by atoms with Crippen molar-refractivity contribution in [3.63, 3.8) is 0 Å². The van der Waals surface area contributed by atoms with Gasteiger partial charge in [0.2, 0.25) is 5.43 Å². The molecular weight excluding hydrogens is 218 g/mol. The molecule has 2 rings (SSSR count). The third kappa shape index (κ3) is 1.65. The number of hydrogen-bond acceptors (Lipinski definition) is 2. The Morgan fingerprint density at radius 2 is 2.12 bits per heavy atom. The standard InChI is InChI=1S/C13H15NOS/c1-4-9-6-5-7-10-12(9)13(15)11(16-3)8-14(10)2/h5-8H,4H2,1-3H3. The molecule has 0 N–H and O–H groups in total. The van der Waals surface area contributed by atoms with Crippen LogP contribution >= 0.6 is 11.8 Å². The molecule has 0 unspecified atom stereocenters. The summed E-state index contributed by atoms with van der Waals surface area (Å²) in [4.78, 5) is 13.1. The summed E-state index contributed by atoms with van der Waals surface area (Å²) in [5.74, 6) is 0. The summed E-state index contributed by atoms with van der Waals surface area (Å²) in [6.07, 6.45) is 4.75. The highest BCUT2D eigenvalue weighted by Gasteiger charge is 2.09. The van der Waals surface area contributed by atoms with Crippen molar-refractivity contribution >= 4 is 22.7 Å². The highest BCUT2D eigenvalue weighted by atomic mass is 32.2. The van der Waals surface area contributed by atoms with Gasteiger partial charge in [-0.05, 0) is 24.3 Å². The monoisotopic (exact) mass is 233 g/mol. The fraction of sp³-hybridized carbons (Fsp3) is 0.308. The second kappa shape index (κ2) is 4.34. The molecule has 84 valence electrons. The molecule has 0 amide bonds. The Morgan fingerprint density at radius 1 is 1.38 bits per heavy atom. The number of benzene rings is 1. The van der Waals surface area contributed by atoms with Crippen LogP contribution in [-0.4, -0.2) is 10.8 Å². The molecule has 0 bridgehead atoms. The molecule has 0 aliphatic heterocycles. The summed E-state index contributed by atoms with van der Waals surface area (Å²) in [5.41, 5.74) is 2.31. The van der Waals surface area contributed by atoms with Gasteiger partial charge in [-0.2, -0.15) is 0 Å². The molecule has 16 heavy (non-hydrogen) atoms. The third-order valence-corrected chi connectivity index (χ3v) is 3.60. The van der Waals surface area contributed by atoms with E-state index in [1.807, 2.05) is 42.3 Å². The molecule has 2 aromatic rings. The van der Waals surface area contributed by atoms with Gasteiger partial charge in [-0.1, -0.05) is 19.1 Å². The van der Waals surface area contributed by atoms with Gasteiger partial charge in [0.1, 0.15) is 0 Å². The Hall–Kier alpha value is -1.22. The van der Waals surface area contributed by atoms with Crippen LogP contribution in [0, 0.1) is 0 Å². The van der Waals surface area contributed by atoms with E-state index in [2.05, 4.69) is 6.92 Å². The molecule has 0 aliphatic rings. The van der Waals surface area contributed by atoms with E-state index in [1.54, 1.807) is 0 Å². The zero-order valence-electron chi connectivity index (χ0n) is 9.78. The Kier molecular flexibility index (Phi) is 3.06. The molecule has 0 aliphatic carbocycles. The van der Waals surface area contributed by atoms with Crippen LogP contribution in [0.2, 0.25) is 0 Å². The maximum atomic E-state index is 12.3. The number of aromatic nitrogens is 1. The van der Waals surface area contributed by atoms with E-state index in [1.165, 1.54) is 11.8 Å². The molecule has 2 nitrogen and oxygen atoms in total. The predicted molar refractivity (Wildman–Crippen MR) is 70.3 cm³/mol. The molecular formula is C13H15NOS. The van der Waals surface area contributed by atoms with Crippen LogP contribution < -0.4 is 5.43 Å². The molecule has 0 saturated heterocycles. The number of rotatable bonds is 2. The smallest absolute Gasteiger partial charge is 0.203 e. The van der Waals surface area contributed by atoms with Gasteiger partial charge in [-0.3, -0.25) is 4.79 Å². The van der Waals surface area contributed by atoms with E-state index in [0.717, 1.165) is 27.8 Å². The molecule has 1 aromatic heterocycles. The van der Waals surface area contributed by atoms with Gasteiger partial charge < -0.3 is 4.57 Å². The van der Waals surface area contributed by atoms with Crippen LogP contribution in [0.4, 0.5) is 0 Å². The van der Waals surface area contributed by atoms with Crippen molar-refractivity contribution in [3.8, 4) is 0 Å². The SMILES string of the molecule is CCc1cccc2c1c(=O)c(SC)cn2C. The fourth-order valence-corrected chi connectivity index (χ4v) is 2.56. The van der Waals surface area contributed by atoms with Crippen molar-refractivity contribution in [2.45, 2.75) is 18.2 Å². The van der Waals surface area contributed by atoms with E-state index < -0.39 is 0 Å². The van der Waals surface area contributed by atoms with Crippen LogP contribution in [0.25, 0.3) is 10.9 Å². The van der Waals surface area contributed by atoms with Crippen molar-refractivity contribution in [2.75, 3.05) is 6.26 Å². The van der Waals surface area contributed by atoms with Crippen LogP contribution in [0.1, 0.15) is 12.5 Å². The quantitative estimate of drug-likeness (QED) is 0.744. The zero-order chi connectivity index (χ0) is 11.7. The van der Waals surface area contributed by atoms with Crippen molar-refractivity contribution in [1.82, 2.24) is 4.57 Å². The first-order chi connectivity index (χ1) is 7.69. The Morgan fingerprint density at radius 3 is 2.75 bits per heavy atom. The summed E-state index contributed by atoms with van der Waals surface area (Å²) < 4.78 is 2.03. The number of aryl methyl sites for hydroxylation is 2. The van der Waals surface area contributed by atoms with E-state index in [0.29, 0.717) is 0 Å². The largest absolute Gasteiger partial charge is 0.349 e. The van der Waals surface area contributed by atoms with E-state index in [4.69, 9.17) is 0 Å². The maximum absolute atomic E-state index is 12.3. The average molecular weight is 233 g/mol. The topological polar surface area (TPSA) is 22.0 Å². The van der Waals surface area contributed by atoms with Gasteiger partial charge in [0.15, 0.2) is 0 Å². The van der Waals surface area contributed by atoms with Crippen molar-refractivity contribution in [1.29, 1.82) is 0 Å². The van der Waals surface area contributed by atoms with Gasteiger partial charge in [0, 0.05) is 18.6 Å². The number of fused-ring (bicyclic) bond motifs is 1. The molecule has 0 fully saturated rings. The molecule has 0 atom stereocenters. The van der Waals surface area contributed by atoms with Crippen molar-refractivity contribution in [3.05, 3.63) is 40.2 Å². The Labute approximate surface area is 99.3 Å². The molecule has 1 aromatic carbocycles. The molecule has 1 heterocycles. The van der Waals surface area contributed by atoms with E-state index in [-0.39, 0.29) is 5.43 Å². The first kappa shape index (κ1) is 11.3. The van der Waals surface area contributed by atoms with Gasteiger partial charge in [0.25, 0.3) is 0 Å². The lowest BCUT2D eigenvalue weighted by molar-refractivity contribution is 0.921. The van der Waals surface area contributed by atoms with Gasteiger partial charge in [-0.15, -0.1) is 11.8 Å². The summed E-state index contributed by atoms with van der Waals surface area (Å²) in [6, 6.07) is 6.05. The summed E-state index contributed by atoms with van der Waals surface area (Å²) in [7, 11) is 1.99. The van der Waals surface area contributed by atoms with Gasteiger partial charge in [0.05, 0.1) is 10.4 Å². The number of pyridine rings is 1.